The fraction of sp³-hybridized carbons (Fsp3) is 0.500. The molecule has 3 rings (SSSR count). The molecule has 7 nitrogen and oxygen atoms in total. The molecule has 2 heterocycles. The SMILES string of the molecule is CCCCn1c(=O)c(CCC(=O)OC2CC(C)OC2=O)nc2ccccc21. The van der Waals surface area contributed by atoms with Crippen molar-refractivity contribution in [1.82, 2.24) is 9.55 Å². The van der Waals surface area contributed by atoms with Crippen molar-refractivity contribution < 1.29 is 19.1 Å². The first-order valence-electron chi connectivity index (χ1n) is 9.38. The van der Waals surface area contributed by atoms with Crippen molar-refractivity contribution in [2.45, 2.75) is 64.7 Å². The molecular weight excluding hydrogens is 348 g/mol. The van der Waals surface area contributed by atoms with Crippen LogP contribution in [0.1, 0.15) is 45.2 Å². The lowest BCUT2D eigenvalue weighted by molar-refractivity contribution is -0.160. The molecule has 27 heavy (non-hydrogen) atoms. The predicted molar refractivity (Wildman–Crippen MR) is 99.3 cm³/mol. The van der Waals surface area contributed by atoms with Crippen LogP contribution in [0.5, 0.6) is 0 Å². The highest BCUT2D eigenvalue weighted by Gasteiger charge is 2.34. The van der Waals surface area contributed by atoms with Crippen LogP contribution in [0, 0.1) is 0 Å². The molecule has 0 spiro atoms. The van der Waals surface area contributed by atoms with Gasteiger partial charge in [0.1, 0.15) is 11.8 Å². The monoisotopic (exact) mass is 372 g/mol. The molecule has 0 N–H and O–H groups in total. The van der Waals surface area contributed by atoms with E-state index in [-0.39, 0.29) is 24.5 Å². The number of carbonyl (C=O) groups excluding carboxylic acids is 2. The normalized spacial score (nSPS) is 19.3. The first-order valence-corrected chi connectivity index (χ1v) is 9.38. The molecule has 0 amide bonds. The lowest BCUT2D eigenvalue weighted by atomic mass is 10.2. The van der Waals surface area contributed by atoms with Crippen molar-refractivity contribution in [3.63, 3.8) is 0 Å². The zero-order chi connectivity index (χ0) is 19.4. The second-order valence-corrected chi connectivity index (χ2v) is 6.82. The van der Waals surface area contributed by atoms with Gasteiger partial charge in [-0.1, -0.05) is 25.5 Å². The highest BCUT2D eigenvalue weighted by atomic mass is 16.6. The van der Waals surface area contributed by atoms with E-state index in [2.05, 4.69) is 11.9 Å². The standard InChI is InChI=1S/C20H24N2O5/c1-3-4-11-22-16-8-6-5-7-14(16)21-15(19(22)24)9-10-18(23)27-17-12-13(2)26-20(17)25/h5-8,13,17H,3-4,9-12H2,1-2H3. The summed E-state index contributed by atoms with van der Waals surface area (Å²) in [5.74, 6) is -1.04. The van der Waals surface area contributed by atoms with Crippen molar-refractivity contribution in [3.8, 4) is 0 Å². The summed E-state index contributed by atoms with van der Waals surface area (Å²) in [5.41, 5.74) is 1.68. The lowest BCUT2D eigenvalue weighted by Crippen LogP contribution is -2.27. The zero-order valence-corrected chi connectivity index (χ0v) is 15.6. The molecule has 0 bridgehead atoms. The largest absolute Gasteiger partial charge is 0.460 e. The van der Waals surface area contributed by atoms with Crippen LogP contribution in [-0.2, 0) is 32.0 Å². The molecule has 7 heteroatoms. The van der Waals surface area contributed by atoms with E-state index >= 15 is 0 Å². The molecule has 1 aliphatic heterocycles. The minimum absolute atomic E-state index is 0.00742. The molecule has 1 fully saturated rings. The first-order chi connectivity index (χ1) is 13.0. The number of ether oxygens (including phenoxy) is 2. The topological polar surface area (TPSA) is 87.5 Å². The Morgan fingerprint density at radius 3 is 2.81 bits per heavy atom. The Bertz CT molecular complexity index is 905. The van der Waals surface area contributed by atoms with Crippen LogP contribution in [0.2, 0.25) is 0 Å². The van der Waals surface area contributed by atoms with E-state index < -0.39 is 18.0 Å². The Labute approximate surface area is 157 Å². The maximum absolute atomic E-state index is 12.8. The number of nitrogens with zero attached hydrogens (tertiary/aromatic N) is 2. The summed E-state index contributed by atoms with van der Waals surface area (Å²) in [4.78, 5) is 40.9. The number of hydrogen-bond donors (Lipinski definition) is 0. The Morgan fingerprint density at radius 1 is 1.33 bits per heavy atom. The molecule has 2 atom stereocenters. The van der Waals surface area contributed by atoms with Gasteiger partial charge in [-0.2, -0.15) is 0 Å². The molecule has 2 unspecified atom stereocenters. The smallest absolute Gasteiger partial charge is 0.347 e. The van der Waals surface area contributed by atoms with Crippen LogP contribution in [0.25, 0.3) is 11.0 Å². The summed E-state index contributed by atoms with van der Waals surface area (Å²) in [7, 11) is 0. The number of aryl methyl sites for hydroxylation is 2. The number of unbranched alkanes of at least 4 members (excludes halogenated alkanes) is 1. The van der Waals surface area contributed by atoms with Gasteiger partial charge in [0.15, 0.2) is 0 Å². The second kappa shape index (κ2) is 8.33. The van der Waals surface area contributed by atoms with Crippen LogP contribution in [0.3, 0.4) is 0 Å². The zero-order valence-electron chi connectivity index (χ0n) is 15.6. The summed E-state index contributed by atoms with van der Waals surface area (Å²) in [6.45, 7) is 4.44. The summed E-state index contributed by atoms with van der Waals surface area (Å²) in [6.07, 6.45) is 1.29. The van der Waals surface area contributed by atoms with E-state index in [0.29, 0.717) is 18.7 Å². The molecule has 1 aliphatic rings. The Balaban J connectivity index is 1.74. The van der Waals surface area contributed by atoms with Crippen molar-refractivity contribution in [2.75, 3.05) is 0 Å². The third-order valence-corrected chi connectivity index (χ3v) is 4.62. The molecule has 1 saturated heterocycles. The van der Waals surface area contributed by atoms with Gasteiger partial charge in [-0.05, 0) is 25.5 Å². The second-order valence-electron chi connectivity index (χ2n) is 6.82. The Morgan fingerprint density at radius 2 is 2.11 bits per heavy atom. The predicted octanol–water partition coefficient (Wildman–Crippen LogP) is 2.38. The van der Waals surface area contributed by atoms with Crippen molar-refractivity contribution >= 4 is 23.0 Å². The van der Waals surface area contributed by atoms with Crippen LogP contribution >= 0.6 is 0 Å². The average Bonchev–Trinajstić information content (AvgIpc) is 2.96. The van der Waals surface area contributed by atoms with Crippen LogP contribution in [-0.4, -0.2) is 33.7 Å². The van der Waals surface area contributed by atoms with Crippen LogP contribution < -0.4 is 5.56 Å². The van der Waals surface area contributed by atoms with Gasteiger partial charge in [-0.3, -0.25) is 9.59 Å². The maximum Gasteiger partial charge on any atom is 0.347 e. The molecule has 1 aromatic heterocycles. The minimum Gasteiger partial charge on any atom is -0.460 e. The maximum atomic E-state index is 12.8. The van der Waals surface area contributed by atoms with Crippen molar-refractivity contribution in [2.24, 2.45) is 0 Å². The molecule has 1 aromatic carbocycles. The third kappa shape index (κ3) is 4.35. The molecule has 0 saturated carbocycles. The summed E-state index contributed by atoms with van der Waals surface area (Å²) < 4.78 is 11.9. The minimum atomic E-state index is -0.849. The summed E-state index contributed by atoms with van der Waals surface area (Å²) >= 11 is 0. The quantitative estimate of drug-likeness (QED) is 0.694. The summed E-state index contributed by atoms with van der Waals surface area (Å²) in [5, 5.41) is 0. The molecular formula is C20H24N2O5. The Hall–Kier alpha value is -2.70. The highest BCUT2D eigenvalue weighted by molar-refractivity contribution is 5.81. The number of para-hydroxylation sites is 2. The number of carbonyl (C=O) groups is 2. The van der Waals surface area contributed by atoms with Gasteiger partial charge in [-0.25, -0.2) is 9.78 Å². The molecule has 0 aliphatic carbocycles. The van der Waals surface area contributed by atoms with Gasteiger partial charge in [0.25, 0.3) is 5.56 Å². The van der Waals surface area contributed by atoms with E-state index in [1.54, 1.807) is 11.5 Å². The highest BCUT2D eigenvalue weighted by Crippen LogP contribution is 2.18. The van der Waals surface area contributed by atoms with E-state index in [0.717, 1.165) is 23.9 Å². The number of aromatic nitrogens is 2. The number of rotatable bonds is 7. The summed E-state index contributed by atoms with van der Waals surface area (Å²) in [6, 6.07) is 7.48. The van der Waals surface area contributed by atoms with Gasteiger partial charge in [0, 0.05) is 19.4 Å². The van der Waals surface area contributed by atoms with Crippen LogP contribution in [0.4, 0.5) is 0 Å². The van der Waals surface area contributed by atoms with Crippen LogP contribution in [0.15, 0.2) is 29.1 Å². The first kappa shape index (κ1) is 19.1. The van der Waals surface area contributed by atoms with Gasteiger partial charge in [0.05, 0.1) is 17.5 Å². The number of fused-ring (bicyclic) bond motifs is 1. The number of cyclic esters (lactones) is 1. The third-order valence-electron chi connectivity index (χ3n) is 4.62. The fourth-order valence-electron chi connectivity index (χ4n) is 3.20. The number of esters is 2. The Kier molecular flexibility index (Phi) is 5.88. The number of benzene rings is 1. The van der Waals surface area contributed by atoms with Gasteiger partial charge < -0.3 is 14.0 Å². The van der Waals surface area contributed by atoms with Gasteiger partial charge >= 0.3 is 11.9 Å². The van der Waals surface area contributed by atoms with E-state index in [9.17, 15) is 14.4 Å². The van der Waals surface area contributed by atoms with E-state index in [1.807, 2.05) is 24.3 Å². The van der Waals surface area contributed by atoms with E-state index in [1.165, 1.54) is 0 Å². The van der Waals surface area contributed by atoms with Gasteiger partial charge in [0.2, 0.25) is 6.10 Å². The van der Waals surface area contributed by atoms with Crippen molar-refractivity contribution in [3.05, 3.63) is 40.3 Å². The fourth-order valence-corrected chi connectivity index (χ4v) is 3.20. The molecule has 0 radical (unpaired) electrons. The molecule has 2 aromatic rings. The van der Waals surface area contributed by atoms with Crippen molar-refractivity contribution in [1.29, 1.82) is 0 Å². The number of hydrogen-bond acceptors (Lipinski definition) is 6. The average molecular weight is 372 g/mol. The van der Waals surface area contributed by atoms with E-state index in [4.69, 9.17) is 9.47 Å². The lowest BCUT2D eigenvalue weighted by Gasteiger charge is -2.12. The van der Waals surface area contributed by atoms with Gasteiger partial charge in [-0.15, -0.1) is 0 Å². The molecule has 144 valence electrons.